The van der Waals surface area contributed by atoms with E-state index >= 15 is 0 Å². The maximum absolute atomic E-state index is 6.12. The van der Waals surface area contributed by atoms with Crippen LogP contribution in [0.2, 0.25) is 0 Å². The maximum Gasteiger partial charge on any atom is 0.0235 e. The van der Waals surface area contributed by atoms with Crippen LogP contribution < -0.4 is 5.73 Å². The van der Waals surface area contributed by atoms with Crippen molar-refractivity contribution in [3.63, 3.8) is 0 Å². The second kappa shape index (κ2) is 6.55. The lowest BCUT2D eigenvalue weighted by Crippen LogP contribution is -2.41. The van der Waals surface area contributed by atoms with Gasteiger partial charge in [0, 0.05) is 25.2 Å². The van der Waals surface area contributed by atoms with E-state index in [0.29, 0.717) is 6.04 Å². The number of nitrogens with two attached hydrogens (primary N) is 1. The minimum absolute atomic E-state index is 0.485. The molecule has 3 atom stereocenters. The lowest BCUT2D eigenvalue weighted by Gasteiger charge is -2.33. The van der Waals surface area contributed by atoms with Gasteiger partial charge in [0.1, 0.15) is 0 Å². The number of hydrogen-bond donors (Lipinski definition) is 1. The van der Waals surface area contributed by atoms with Crippen molar-refractivity contribution in [2.75, 3.05) is 32.7 Å². The van der Waals surface area contributed by atoms with E-state index in [1.807, 2.05) is 0 Å². The quantitative estimate of drug-likeness (QED) is 0.848. The van der Waals surface area contributed by atoms with Crippen LogP contribution in [0.3, 0.4) is 0 Å². The van der Waals surface area contributed by atoms with E-state index in [1.165, 1.54) is 84.1 Å². The normalized spacial score (nSPS) is 38.7. The Balaban J connectivity index is 1.43. The maximum atomic E-state index is 6.12. The standard InChI is InChI=1S/C16H31N3/c17-15-6-4-5-14(11-15)12-18-10-7-16(13-18)19-8-2-1-3-9-19/h14-16H,1-13,17H2. The van der Waals surface area contributed by atoms with Crippen molar-refractivity contribution in [2.45, 2.75) is 63.5 Å². The highest BCUT2D eigenvalue weighted by Crippen LogP contribution is 2.26. The van der Waals surface area contributed by atoms with Gasteiger partial charge in [0.25, 0.3) is 0 Å². The number of rotatable bonds is 3. The van der Waals surface area contributed by atoms with Crippen molar-refractivity contribution >= 4 is 0 Å². The Morgan fingerprint density at radius 2 is 1.74 bits per heavy atom. The first kappa shape index (κ1) is 13.8. The van der Waals surface area contributed by atoms with Crippen LogP contribution in [0.1, 0.15) is 51.4 Å². The molecule has 0 bridgehead atoms. The monoisotopic (exact) mass is 265 g/mol. The molecule has 2 N–H and O–H groups in total. The summed E-state index contributed by atoms with van der Waals surface area (Å²) in [5.74, 6) is 0.879. The molecule has 0 spiro atoms. The van der Waals surface area contributed by atoms with Crippen molar-refractivity contribution < 1.29 is 0 Å². The third-order valence-corrected chi connectivity index (χ3v) is 5.49. The smallest absolute Gasteiger partial charge is 0.0235 e. The summed E-state index contributed by atoms with van der Waals surface area (Å²) in [6.45, 7) is 6.68. The van der Waals surface area contributed by atoms with Crippen LogP contribution in [0.25, 0.3) is 0 Å². The first-order valence-electron chi connectivity index (χ1n) is 8.53. The summed E-state index contributed by atoms with van der Waals surface area (Å²) in [5, 5.41) is 0. The molecule has 3 rings (SSSR count). The summed E-state index contributed by atoms with van der Waals surface area (Å²) in [6, 6.07) is 1.34. The van der Waals surface area contributed by atoms with Crippen molar-refractivity contribution in [1.82, 2.24) is 9.80 Å². The predicted molar refractivity (Wildman–Crippen MR) is 80.2 cm³/mol. The van der Waals surface area contributed by atoms with Crippen molar-refractivity contribution in [1.29, 1.82) is 0 Å². The largest absolute Gasteiger partial charge is 0.328 e. The highest BCUT2D eigenvalue weighted by Gasteiger charge is 2.30. The van der Waals surface area contributed by atoms with Crippen molar-refractivity contribution in [2.24, 2.45) is 11.7 Å². The summed E-state index contributed by atoms with van der Waals surface area (Å²) < 4.78 is 0. The molecule has 3 fully saturated rings. The molecule has 0 amide bonds. The molecule has 0 aromatic rings. The lowest BCUT2D eigenvalue weighted by molar-refractivity contribution is 0.154. The van der Waals surface area contributed by atoms with E-state index in [9.17, 15) is 0 Å². The fourth-order valence-corrected chi connectivity index (χ4v) is 4.42. The molecule has 2 aliphatic heterocycles. The SMILES string of the molecule is NC1CCCC(CN2CCC(N3CCCCC3)C2)C1. The van der Waals surface area contributed by atoms with Gasteiger partial charge in [-0.25, -0.2) is 0 Å². The van der Waals surface area contributed by atoms with Gasteiger partial charge in [-0.05, 0) is 64.1 Å². The molecule has 0 aromatic heterocycles. The molecule has 0 aromatic carbocycles. The van der Waals surface area contributed by atoms with E-state index in [4.69, 9.17) is 5.73 Å². The summed E-state index contributed by atoms with van der Waals surface area (Å²) >= 11 is 0. The second-order valence-electron chi connectivity index (χ2n) is 7.09. The van der Waals surface area contributed by atoms with Crippen molar-refractivity contribution in [3.8, 4) is 0 Å². The summed E-state index contributed by atoms with van der Waals surface area (Å²) in [7, 11) is 0. The minimum atomic E-state index is 0.485. The molecule has 0 radical (unpaired) electrons. The van der Waals surface area contributed by atoms with Crippen LogP contribution in [0.4, 0.5) is 0 Å². The van der Waals surface area contributed by atoms with Gasteiger partial charge in [-0.1, -0.05) is 12.8 Å². The summed E-state index contributed by atoms with van der Waals surface area (Å²) in [4.78, 5) is 5.48. The first-order valence-corrected chi connectivity index (χ1v) is 8.53. The topological polar surface area (TPSA) is 32.5 Å². The molecule has 3 aliphatic rings. The van der Waals surface area contributed by atoms with E-state index in [1.54, 1.807) is 0 Å². The Morgan fingerprint density at radius 1 is 0.895 bits per heavy atom. The van der Waals surface area contributed by atoms with E-state index < -0.39 is 0 Å². The number of hydrogen-bond acceptors (Lipinski definition) is 3. The van der Waals surface area contributed by atoms with E-state index in [-0.39, 0.29) is 0 Å². The molecule has 1 saturated carbocycles. The second-order valence-corrected chi connectivity index (χ2v) is 7.09. The highest BCUT2D eigenvalue weighted by atomic mass is 15.3. The van der Waals surface area contributed by atoms with Gasteiger partial charge in [-0.3, -0.25) is 4.90 Å². The molecular weight excluding hydrogens is 234 g/mol. The molecule has 1 aliphatic carbocycles. The average molecular weight is 265 g/mol. The molecule has 3 nitrogen and oxygen atoms in total. The van der Waals surface area contributed by atoms with Gasteiger partial charge in [-0.15, -0.1) is 0 Å². The first-order chi connectivity index (χ1) is 9.31. The van der Waals surface area contributed by atoms with Crippen LogP contribution in [0.15, 0.2) is 0 Å². The predicted octanol–water partition coefficient (Wildman–Crippen LogP) is 2.06. The van der Waals surface area contributed by atoms with E-state index in [0.717, 1.165) is 12.0 Å². The Hall–Kier alpha value is -0.120. The number of likely N-dealkylation sites (tertiary alicyclic amines) is 2. The Kier molecular flexibility index (Phi) is 4.78. The zero-order chi connectivity index (χ0) is 13.1. The Labute approximate surface area is 118 Å². The van der Waals surface area contributed by atoms with Crippen LogP contribution in [0.5, 0.6) is 0 Å². The molecule has 2 saturated heterocycles. The van der Waals surface area contributed by atoms with Crippen LogP contribution >= 0.6 is 0 Å². The van der Waals surface area contributed by atoms with Gasteiger partial charge >= 0.3 is 0 Å². The van der Waals surface area contributed by atoms with Crippen LogP contribution in [-0.4, -0.2) is 54.6 Å². The third-order valence-electron chi connectivity index (χ3n) is 5.49. The van der Waals surface area contributed by atoms with Crippen LogP contribution in [0, 0.1) is 5.92 Å². The highest BCUT2D eigenvalue weighted by molar-refractivity contribution is 4.87. The fraction of sp³-hybridized carbons (Fsp3) is 1.00. The number of nitrogens with zero attached hydrogens (tertiary/aromatic N) is 2. The van der Waals surface area contributed by atoms with Gasteiger partial charge in [0.2, 0.25) is 0 Å². The fourth-order valence-electron chi connectivity index (χ4n) is 4.42. The summed E-state index contributed by atoms with van der Waals surface area (Å²) in [6.07, 6.45) is 11.0. The van der Waals surface area contributed by atoms with E-state index in [2.05, 4.69) is 9.80 Å². The third kappa shape index (κ3) is 3.71. The average Bonchev–Trinajstić information content (AvgIpc) is 2.88. The van der Waals surface area contributed by atoms with Gasteiger partial charge < -0.3 is 10.6 Å². The molecule has 110 valence electrons. The molecule has 19 heavy (non-hydrogen) atoms. The number of piperidine rings is 1. The van der Waals surface area contributed by atoms with Gasteiger partial charge in [-0.2, -0.15) is 0 Å². The molecular formula is C16H31N3. The minimum Gasteiger partial charge on any atom is -0.328 e. The molecule has 2 heterocycles. The van der Waals surface area contributed by atoms with Gasteiger partial charge in [0.15, 0.2) is 0 Å². The zero-order valence-electron chi connectivity index (χ0n) is 12.4. The van der Waals surface area contributed by atoms with Crippen LogP contribution in [-0.2, 0) is 0 Å². The zero-order valence-corrected chi connectivity index (χ0v) is 12.4. The molecule has 3 unspecified atom stereocenters. The lowest BCUT2D eigenvalue weighted by atomic mass is 9.86. The van der Waals surface area contributed by atoms with Gasteiger partial charge in [0.05, 0.1) is 0 Å². The van der Waals surface area contributed by atoms with Crippen molar-refractivity contribution in [3.05, 3.63) is 0 Å². The summed E-state index contributed by atoms with van der Waals surface area (Å²) in [5.41, 5.74) is 6.12. The Bertz CT molecular complexity index is 275. The molecule has 3 heteroatoms. The Morgan fingerprint density at radius 3 is 2.53 bits per heavy atom.